The lowest BCUT2D eigenvalue weighted by molar-refractivity contribution is 0.0691. The third-order valence-electron chi connectivity index (χ3n) is 2.21. The van der Waals surface area contributed by atoms with Gasteiger partial charge in [-0.15, -0.1) is 0 Å². The maximum Gasteiger partial charge on any atom is 0.356 e. The van der Waals surface area contributed by atoms with E-state index in [0.29, 0.717) is 5.56 Å². The molecule has 6 heteroatoms. The largest absolute Gasteiger partial charge is 0.476 e. The van der Waals surface area contributed by atoms with Crippen molar-refractivity contribution in [1.29, 1.82) is 0 Å². The number of halogens is 2. The van der Waals surface area contributed by atoms with Gasteiger partial charge in [0.15, 0.2) is 5.69 Å². The third-order valence-corrected chi connectivity index (χ3v) is 2.71. The highest BCUT2D eigenvalue weighted by Crippen LogP contribution is 2.16. The van der Waals surface area contributed by atoms with E-state index in [9.17, 15) is 9.18 Å². The monoisotopic (exact) mass is 298 g/mol. The smallest absolute Gasteiger partial charge is 0.356 e. The number of imidazole rings is 1. The Kier molecular flexibility index (Phi) is 3.23. The second kappa shape index (κ2) is 4.67. The van der Waals surface area contributed by atoms with Crippen LogP contribution in [-0.4, -0.2) is 20.6 Å². The van der Waals surface area contributed by atoms with Crippen molar-refractivity contribution >= 4 is 21.9 Å². The number of aromatic nitrogens is 2. The fraction of sp³-hybridized carbons (Fsp3) is 0.0909. The average molecular weight is 299 g/mol. The molecule has 0 saturated carbocycles. The van der Waals surface area contributed by atoms with E-state index < -0.39 is 5.97 Å². The van der Waals surface area contributed by atoms with E-state index in [1.165, 1.54) is 23.2 Å². The molecule has 0 bridgehead atoms. The molecule has 0 atom stereocenters. The summed E-state index contributed by atoms with van der Waals surface area (Å²) in [6.07, 6.45) is 2.73. The topological polar surface area (TPSA) is 55.1 Å². The minimum Gasteiger partial charge on any atom is -0.476 e. The fourth-order valence-electron chi connectivity index (χ4n) is 1.42. The fourth-order valence-corrected chi connectivity index (χ4v) is 1.83. The Bertz CT molecular complexity index is 568. The number of rotatable bonds is 3. The van der Waals surface area contributed by atoms with Gasteiger partial charge in [0.25, 0.3) is 0 Å². The molecule has 2 aromatic rings. The quantitative estimate of drug-likeness (QED) is 0.947. The first kappa shape index (κ1) is 11.8. The Hall–Kier alpha value is -1.69. The maximum atomic E-state index is 13.4. The molecule has 1 aromatic carbocycles. The summed E-state index contributed by atoms with van der Waals surface area (Å²) in [6.45, 7) is 0.242. The van der Waals surface area contributed by atoms with Gasteiger partial charge in [-0.05, 0) is 18.2 Å². The van der Waals surface area contributed by atoms with Crippen LogP contribution in [0.3, 0.4) is 0 Å². The Morgan fingerprint density at radius 1 is 1.53 bits per heavy atom. The van der Waals surface area contributed by atoms with Crippen LogP contribution in [0, 0.1) is 5.82 Å². The van der Waals surface area contributed by atoms with Crippen LogP contribution in [0.4, 0.5) is 4.39 Å². The molecule has 0 spiro atoms. The minimum atomic E-state index is -1.10. The summed E-state index contributed by atoms with van der Waals surface area (Å²) in [5.41, 5.74) is 0.411. The zero-order valence-corrected chi connectivity index (χ0v) is 10.2. The van der Waals surface area contributed by atoms with Gasteiger partial charge in [-0.2, -0.15) is 0 Å². The van der Waals surface area contributed by atoms with E-state index in [2.05, 4.69) is 20.9 Å². The molecule has 17 heavy (non-hydrogen) atoms. The normalized spacial score (nSPS) is 10.5. The highest BCUT2D eigenvalue weighted by atomic mass is 79.9. The Morgan fingerprint density at radius 3 is 2.94 bits per heavy atom. The van der Waals surface area contributed by atoms with E-state index in [-0.39, 0.29) is 18.1 Å². The van der Waals surface area contributed by atoms with Gasteiger partial charge < -0.3 is 9.67 Å². The highest BCUT2D eigenvalue weighted by molar-refractivity contribution is 9.10. The highest BCUT2D eigenvalue weighted by Gasteiger charge is 2.08. The van der Waals surface area contributed by atoms with Gasteiger partial charge in [-0.25, -0.2) is 14.2 Å². The van der Waals surface area contributed by atoms with Crippen molar-refractivity contribution < 1.29 is 14.3 Å². The van der Waals surface area contributed by atoms with Crippen molar-refractivity contribution in [3.63, 3.8) is 0 Å². The van der Waals surface area contributed by atoms with Crippen LogP contribution < -0.4 is 0 Å². The molecule has 0 amide bonds. The van der Waals surface area contributed by atoms with E-state index in [1.54, 1.807) is 12.1 Å². The summed E-state index contributed by atoms with van der Waals surface area (Å²) in [5.74, 6) is -1.43. The van der Waals surface area contributed by atoms with Crippen LogP contribution in [0.25, 0.3) is 0 Å². The Labute approximate surface area is 105 Å². The van der Waals surface area contributed by atoms with Crippen LogP contribution in [0.2, 0.25) is 0 Å². The number of benzene rings is 1. The molecular weight excluding hydrogens is 291 g/mol. The lowest BCUT2D eigenvalue weighted by Gasteiger charge is -2.04. The summed E-state index contributed by atoms with van der Waals surface area (Å²) in [6, 6.07) is 4.61. The maximum absolute atomic E-state index is 13.4. The van der Waals surface area contributed by atoms with Crippen LogP contribution in [-0.2, 0) is 6.54 Å². The van der Waals surface area contributed by atoms with Crippen molar-refractivity contribution in [2.24, 2.45) is 0 Å². The van der Waals surface area contributed by atoms with E-state index in [0.717, 1.165) is 4.47 Å². The van der Waals surface area contributed by atoms with Crippen molar-refractivity contribution in [3.05, 3.63) is 52.3 Å². The molecule has 0 fully saturated rings. The van der Waals surface area contributed by atoms with E-state index in [1.807, 2.05) is 0 Å². The van der Waals surface area contributed by atoms with E-state index in [4.69, 9.17) is 5.11 Å². The van der Waals surface area contributed by atoms with Crippen molar-refractivity contribution in [1.82, 2.24) is 9.55 Å². The first-order valence-electron chi connectivity index (χ1n) is 4.75. The summed E-state index contributed by atoms with van der Waals surface area (Å²) in [4.78, 5) is 14.3. The summed E-state index contributed by atoms with van der Waals surface area (Å²) in [7, 11) is 0. The second-order valence-corrected chi connectivity index (χ2v) is 4.39. The van der Waals surface area contributed by atoms with Gasteiger partial charge in [0.05, 0.1) is 12.9 Å². The summed E-state index contributed by atoms with van der Waals surface area (Å²) < 4.78 is 15.7. The van der Waals surface area contributed by atoms with Crippen LogP contribution in [0.15, 0.2) is 35.2 Å². The molecule has 4 nitrogen and oxygen atoms in total. The molecule has 2 rings (SSSR count). The molecule has 0 aliphatic rings. The molecule has 0 radical (unpaired) electrons. The lowest BCUT2D eigenvalue weighted by Crippen LogP contribution is -2.00. The van der Waals surface area contributed by atoms with Crippen LogP contribution >= 0.6 is 15.9 Å². The van der Waals surface area contributed by atoms with Gasteiger partial charge in [-0.1, -0.05) is 15.9 Å². The van der Waals surface area contributed by atoms with E-state index >= 15 is 0 Å². The number of hydrogen-bond acceptors (Lipinski definition) is 2. The van der Waals surface area contributed by atoms with Gasteiger partial charge in [-0.3, -0.25) is 0 Å². The van der Waals surface area contributed by atoms with Crippen LogP contribution in [0.1, 0.15) is 16.1 Å². The molecule has 0 aliphatic carbocycles. The molecule has 0 aliphatic heterocycles. The minimum absolute atomic E-state index is 0.0552. The zero-order chi connectivity index (χ0) is 12.4. The van der Waals surface area contributed by atoms with Crippen molar-refractivity contribution in [3.8, 4) is 0 Å². The standard InChI is InChI=1S/C11H8BrFN2O2/c12-8-1-2-9(13)7(3-8)4-15-5-10(11(16)17)14-6-15/h1-3,5-6H,4H2,(H,16,17). The molecule has 1 heterocycles. The number of nitrogens with zero attached hydrogens (tertiary/aromatic N) is 2. The lowest BCUT2D eigenvalue weighted by atomic mass is 10.2. The summed E-state index contributed by atoms with van der Waals surface area (Å²) in [5, 5.41) is 8.71. The predicted octanol–water partition coefficient (Wildman–Crippen LogP) is 2.53. The summed E-state index contributed by atoms with van der Waals surface area (Å²) >= 11 is 3.25. The Balaban J connectivity index is 2.25. The third kappa shape index (κ3) is 2.71. The second-order valence-electron chi connectivity index (χ2n) is 3.47. The first-order chi connectivity index (χ1) is 8.06. The van der Waals surface area contributed by atoms with Crippen molar-refractivity contribution in [2.45, 2.75) is 6.54 Å². The van der Waals surface area contributed by atoms with Gasteiger partial charge in [0.2, 0.25) is 0 Å². The predicted molar refractivity (Wildman–Crippen MR) is 62.4 cm³/mol. The number of carboxylic acids is 1. The average Bonchev–Trinajstić information content (AvgIpc) is 2.72. The number of carbonyl (C=O) groups is 1. The molecule has 1 N–H and O–H groups in total. The molecular formula is C11H8BrFN2O2. The van der Waals surface area contributed by atoms with Crippen molar-refractivity contribution in [2.75, 3.05) is 0 Å². The molecule has 1 aromatic heterocycles. The number of carboxylic acid groups (broad SMARTS) is 1. The van der Waals surface area contributed by atoms with Gasteiger partial charge in [0, 0.05) is 16.2 Å². The first-order valence-corrected chi connectivity index (χ1v) is 5.54. The molecule has 0 unspecified atom stereocenters. The Morgan fingerprint density at radius 2 is 2.29 bits per heavy atom. The zero-order valence-electron chi connectivity index (χ0n) is 8.60. The van der Waals surface area contributed by atoms with Crippen LogP contribution in [0.5, 0.6) is 0 Å². The number of hydrogen-bond donors (Lipinski definition) is 1. The SMILES string of the molecule is O=C(O)c1cn(Cc2cc(Br)ccc2F)cn1. The van der Waals surface area contributed by atoms with Gasteiger partial charge in [0.1, 0.15) is 5.82 Å². The molecule has 88 valence electrons. The number of aromatic carboxylic acids is 1. The molecule has 0 saturated heterocycles. The van der Waals surface area contributed by atoms with Gasteiger partial charge >= 0.3 is 5.97 Å².